The number of urea groups is 1. The second-order valence-corrected chi connectivity index (χ2v) is 4.48. The van der Waals surface area contributed by atoms with Crippen LogP contribution < -0.4 is 0 Å². The molecule has 0 atom stereocenters. The number of likely N-dealkylation sites (tertiary alicyclic amines) is 1. The highest BCUT2D eigenvalue weighted by Crippen LogP contribution is 2.28. The zero-order valence-electron chi connectivity index (χ0n) is 9.19. The molecule has 86 valence electrons. The van der Waals surface area contributed by atoms with Crippen LogP contribution in [-0.4, -0.2) is 53.2 Å². The number of piperidine rings is 1. The van der Waals surface area contributed by atoms with Gasteiger partial charge in [-0.25, -0.2) is 4.79 Å². The van der Waals surface area contributed by atoms with Crippen molar-refractivity contribution in [2.75, 3.05) is 26.2 Å². The molecule has 0 spiro atoms. The Hall–Kier alpha value is -0.770. The molecule has 15 heavy (non-hydrogen) atoms. The van der Waals surface area contributed by atoms with E-state index in [1.165, 1.54) is 6.42 Å². The summed E-state index contributed by atoms with van der Waals surface area (Å²) in [5, 5.41) is 8.95. The largest absolute Gasteiger partial charge is 0.395 e. The van der Waals surface area contributed by atoms with Crippen LogP contribution in [0.15, 0.2) is 0 Å². The molecule has 0 aromatic rings. The monoisotopic (exact) mass is 212 g/mol. The first-order chi connectivity index (χ1) is 7.33. The molecular weight excluding hydrogens is 192 g/mol. The lowest BCUT2D eigenvalue weighted by atomic mass is 10.1. The van der Waals surface area contributed by atoms with Gasteiger partial charge in [-0.1, -0.05) is 0 Å². The predicted molar refractivity (Wildman–Crippen MR) is 57.6 cm³/mol. The van der Waals surface area contributed by atoms with Crippen LogP contribution in [0.2, 0.25) is 0 Å². The third kappa shape index (κ3) is 2.62. The van der Waals surface area contributed by atoms with Gasteiger partial charge in [0.2, 0.25) is 0 Å². The van der Waals surface area contributed by atoms with Gasteiger partial charge in [0.25, 0.3) is 0 Å². The minimum absolute atomic E-state index is 0.0794. The van der Waals surface area contributed by atoms with Crippen LogP contribution in [0.4, 0.5) is 4.79 Å². The van der Waals surface area contributed by atoms with Crippen LogP contribution in [0.3, 0.4) is 0 Å². The van der Waals surface area contributed by atoms with Gasteiger partial charge in [0.05, 0.1) is 6.61 Å². The standard InChI is InChI=1S/C11H20N2O2/c14-9-8-13(10-4-5-10)11(15)12-6-2-1-3-7-12/h10,14H,1-9H2. The molecule has 1 aliphatic heterocycles. The van der Waals surface area contributed by atoms with Crippen molar-refractivity contribution in [2.45, 2.75) is 38.1 Å². The van der Waals surface area contributed by atoms with Crippen molar-refractivity contribution >= 4 is 6.03 Å². The van der Waals surface area contributed by atoms with Crippen LogP contribution in [0, 0.1) is 0 Å². The molecule has 4 heteroatoms. The molecule has 2 fully saturated rings. The molecule has 0 bridgehead atoms. The Kier molecular flexibility index (Phi) is 3.46. The van der Waals surface area contributed by atoms with Gasteiger partial charge >= 0.3 is 6.03 Å². The number of aliphatic hydroxyl groups is 1. The highest BCUT2D eigenvalue weighted by molar-refractivity contribution is 5.75. The fraction of sp³-hybridized carbons (Fsp3) is 0.909. The summed E-state index contributed by atoms with van der Waals surface area (Å²) < 4.78 is 0. The minimum Gasteiger partial charge on any atom is -0.395 e. The number of carbonyl (C=O) groups excluding carboxylic acids is 1. The van der Waals surface area contributed by atoms with Crippen molar-refractivity contribution in [3.63, 3.8) is 0 Å². The van der Waals surface area contributed by atoms with E-state index in [1.54, 1.807) is 0 Å². The van der Waals surface area contributed by atoms with E-state index in [0.717, 1.165) is 38.8 Å². The summed E-state index contributed by atoms with van der Waals surface area (Å²) in [4.78, 5) is 15.9. The first-order valence-corrected chi connectivity index (χ1v) is 5.99. The number of nitrogens with zero attached hydrogens (tertiary/aromatic N) is 2. The molecule has 0 aromatic heterocycles. The smallest absolute Gasteiger partial charge is 0.320 e. The van der Waals surface area contributed by atoms with E-state index >= 15 is 0 Å². The van der Waals surface area contributed by atoms with Gasteiger partial charge in [-0.2, -0.15) is 0 Å². The molecular formula is C11H20N2O2. The summed E-state index contributed by atoms with van der Waals surface area (Å²) in [5.74, 6) is 0. The van der Waals surface area contributed by atoms with Crippen molar-refractivity contribution in [3.8, 4) is 0 Å². The Morgan fingerprint density at radius 3 is 2.47 bits per heavy atom. The van der Waals surface area contributed by atoms with Gasteiger partial charge in [0.15, 0.2) is 0 Å². The Morgan fingerprint density at radius 2 is 1.93 bits per heavy atom. The van der Waals surface area contributed by atoms with E-state index in [0.29, 0.717) is 12.6 Å². The molecule has 1 aliphatic carbocycles. The average molecular weight is 212 g/mol. The van der Waals surface area contributed by atoms with E-state index in [1.807, 2.05) is 9.80 Å². The fourth-order valence-electron chi connectivity index (χ4n) is 2.20. The highest BCUT2D eigenvalue weighted by Gasteiger charge is 2.34. The van der Waals surface area contributed by atoms with Gasteiger partial charge < -0.3 is 14.9 Å². The quantitative estimate of drug-likeness (QED) is 0.760. The molecule has 2 aliphatic rings. The van der Waals surface area contributed by atoms with Gasteiger partial charge in [-0.05, 0) is 32.1 Å². The second kappa shape index (κ2) is 4.84. The van der Waals surface area contributed by atoms with Gasteiger partial charge in [0, 0.05) is 25.7 Å². The summed E-state index contributed by atoms with van der Waals surface area (Å²) in [6, 6.07) is 0.554. The molecule has 1 saturated carbocycles. The topological polar surface area (TPSA) is 43.8 Å². The number of rotatable bonds is 3. The lowest BCUT2D eigenvalue weighted by Crippen LogP contribution is -2.47. The van der Waals surface area contributed by atoms with Gasteiger partial charge in [-0.3, -0.25) is 0 Å². The number of carbonyl (C=O) groups is 1. The summed E-state index contributed by atoms with van der Waals surface area (Å²) in [6.07, 6.45) is 5.72. The molecule has 0 unspecified atom stereocenters. The third-order valence-electron chi connectivity index (χ3n) is 3.20. The summed E-state index contributed by atoms with van der Waals surface area (Å²) in [6.45, 7) is 2.37. The lowest BCUT2D eigenvalue weighted by molar-refractivity contribution is 0.129. The summed E-state index contributed by atoms with van der Waals surface area (Å²) >= 11 is 0. The third-order valence-corrected chi connectivity index (χ3v) is 3.20. The van der Waals surface area contributed by atoms with Crippen molar-refractivity contribution in [1.29, 1.82) is 0 Å². The van der Waals surface area contributed by atoms with Crippen LogP contribution in [0.25, 0.3) is 0 Å². The Morgan fingerprint density at radius 1 is 1.27 bits per heavy atom. The van der Waals surface area contributed by atoms with E-state index < -0.39 is 0 Å². The zero-order chi connectivity index (χ0) is 10.7. The van der Waals surface area contributed by atoms with E-state index in [9.17, 15) is 4.79 Å². The SMILES string of the molecule is O=C(N1CCCCC1)N(CCO)C1CC1. The number of amides is 2. The van der Waals surface area contributed by atoms with Crippen LogP contribution in [0.5, 0.6) is 0 Å². The fourth-order valence-corrected chi connectivity index (χ4v) is 2.20. The van der Waals surface area contributed by atoms with E-state index in [2.05, 4.69) is 0 Å². The lowest BCUT2D eigenvalue weighted by Gasteiger charge is -2.32. The Balaban J connectivity index is 1.90. The van der Waals surface area contributed by atoms with E-state index in [-0.39, 0.29) is 12.6 Å². The second-order valence-electron chi connectivity index (χ2n) is 4.48. The molecule has 0 aromatic carbocycles. The van der Waals surface area contributed by atoms with Crippen molar-refractivity contribution in [1.82, 2.24) is 9.80 Å². The molecule has 2 rings (SSSR count). The molecule has 1 saturated heterocycles. The first-order valence-electron chi connectivity index (χ1n) is 5.99. The van der Waals surface area contributed by atoms with Crippen LogP contribution in [-0.2, 0) is 0 Å². The highest BCUT2D eigenvalue weighted by atomic mass is 16.3. The predicted octanol–water partition coefficient (Wildman–Crippen LogP) is 1.05. The van der Waals surface area contributed by atoms with Gasteiger partial charge in [0.1, 0.15) is 0 Å². The summed E-state index contributed by atoms with van der Waals surface area (Å²) in [7, 11) is 0. The van der Waals surface area contributed by atoms with E-state index in [4.69, 9.17) is 5.11 Å². The number of aliphatic hydroxyl groups excluding tert-OH is 1. The van der Waals surface area contributed by atoms with Crippen LogP contribution in [0.1, 0.15) is 32.1 Å². The first kappa shape index (κ1) is 10.7. The Bertz CT molecular complexity index is 223. The number of hydrogen-bond acceptors (Lipinski definition) is 2. The van der Waals surface area contributed by atoms with Gasteiger partial charge in [-0.15, -0.1) is 0 Å². The van der Waals surface area contributed by atoms with Crippen molar-refractivity contribution in [3.05, 3.63) is 0 Å². The normalized spacial score (nSPS) is 21.5. The molecule has 4 nitrogen and oxygen atoms in total. The van der Waals surface area contributed by atoms with Crippen molar-refractivity contribution < 1.29 is 9.90 Å². The molecule has 0 radical (unpaired) electrons. The maximum absolute atomic E-state index is 12.1. The van der Waals surface area contributed by atoms with Crippen LogP contribution >= 0.6 is 0 Å². The average Bonchev–Trinajstić information content (AvgIpc) is 3.10. The summed E-state index contributed by atoms with van der Waals surface area (Å²) in [5.41, 5.74) is 0. The maximum Gasteiger partial charge on any atom is 0.320 e. The molecule has 1 N–H and O–H groups in total. The molecule has 2 amide bonds. The Labute approximate surface area is 90.9 Å². The molecule has 1 heterocycles. The minimum atomic E-state index is 0.0794. The number of hydrogen-bond donors (Lipinski definition) is 1. The van der Waals surface area contributed by atoms with Crippen molar-refractivity contribution in [2.24, 2.45) is 0 Å². The zero-order valence-corrected chi connectivity index (χ0v) is 9.19. The maximum atomic E-state index is 12.1.